The Balaban J connectivity index is -0.000000258. The van der Waals surface area contributed by atoms with E-state index in [4.69, 9.17) is 0 Å². The number of hydrogen-bond acceptors (Lipinski definition) is 0. The molecule has 1 rings (SSSR count). The van der Waals surface area contributed by atoms with Crippen LogP contribution in [0.15, 0.2) is 13.2 Å². The van der Waals surface area contributed by atoms with Crippen LogP contribution in [0, 0.1) is 47.8 Å². The fourth-order valence-electron chi connectivity index (χ4n) is 1.41. The van der Waals surface area contributed by atoms with Crippen molar-refractivity contribution in [1.29, 1.82) is 0 Å². The molecular weight excluding hydrogens is 227 g/mol. The van der Waals surface area contributed by atoms with Crippen molar-refractivity contribution in [2.75, 3.05) is 0 Å². The van der Waals surface area contributed by atoms with Gasteiger partial charge in [0, 0.05) is 0 Å². The Labute approximate surface area is 106 Å². The van der Waals surface area contributed by atoms with Crippen LogP contribution < -0.4 is 0 Å². The van der Waals surface area contributed by atoms with Crippen molar-refractivity contribution in [3.63, 3.8) is 0 Å². The van der Waals surface area contributed by atoms with E-state index in [-0.39, 0.29) is 16.8 Å². The quantitative estimate of drug-likeness (QED) is 0.605. The molecule has 0 aliphatic rings. The first kappa shape index (κ1) is 19.8. The van der Waals surface area contributed by atoms with Crippen LogP contribution in [0.5, 0.6) is 0 Å². The third-order valence-corrected chi connectivity index (χ3v) is 2.81. The summed E-state index contributed by atoms with van der Waals surface area (Å²) in [4.78, 5) is 0. The zero-order valence-corrected chi connectivity index (χ0v) is 11.4. The molecule has 1 aromatic rings. The van der Waals surface area contributed by atoms with E-state index in [2.05, 4.69) is 60.9 Å². The van der Waals surface area contributed by atoms with Gasteiger partial charge in [0.15, 0.2) is 0 Å². The summed E-state index contributed by atoms with van der Waals surface area (Å²) in [6.45, 7) is 25.0. The van der Waals surface area contributed by atoms with Gasteiger partial charge in [-0.3, -0.25) is 13.2 Å². The first-order valence-corrected chi connectivity index (χ1v) is 4.57. The van der Waals surface area contributed by atoms with Gasteiger partial charge < -0.3 is 13.2 Å². The van der Waals surface area contributed by atoms with Crippen LogP contribution in [0.2, 0.25) is 0 Å². The topological polar surface area (TPSA) is 0 Å². The van der Waals surface area contributed by atoms with Crippen LogP contribution in [0.1, 0.15) is 27.8 Å². The molecule has 0 amide bonds. The molecule has 0 bridgehead atoms. The standard InChI is InChI=1S/C10H15.2C2H3.Co/c1-6-7(2)9(4)10(5)8(6)3;2*1-2;/h1-5H3;2*1H,2H2;/q3*-1;+3. The van der Waals surface area contributed by atoms with Gasteiger partial charge in [0.1, 0.15) is 0 Å². The Bertz CT molecular complexity index is 200. The molecular formula is C14H21Co. The fourth-order valence-corrected chi connectivity index (χ4v) is 1.41. The van der Waals surface area contributed by atoms with Crippen LogP contribution >= 0.6 is 0 Å². The molecule has 0 heterocycles. The zero-order chi connectivity index (χ0) is 11.9. The molecule has 0 radical (unpaired) electrons. The molecule has 0 aromatic heterocycles. The van der Waals surface area contributed by atoms with Crippen LogP contribution in [0.4, 0.5) is 0 Å². The smallest absolute Gasteiger partial charge is 0.521 e. The van der Waals surface area contributed by atoms with E-state index in [1.54, 1.807) is 0 Å². The monoisotopic (exact) mass is 248 g/mol. The molecule has 0 aliphatic heterocycles. The van der Waals surface area contributed by atoms with Gasteiger partial charge in [0.05, 0.1) is 0 Å². The molecule has 0 fully saturated rings. The Morgan fingerprint density at radius 1 is 0.800 bits per heavy atom. The molecule has 1 heteroatoms. The third-order valence-electron chi connectivity index (χ3n) is 2.81. The van der Waals surface area contributed by atoms with E-state index in [1.807, 2.05) is 0 Å². The summed E-state index contributed by atoms with van der Waals surface area (Å²) in [5, 5.41) is 0. The summed E-state index contributed by atoms with van der Waals surface area (Å²) in [7, 11) is 0. The summed E-state index contributed by atoms with van der Waals surface area (Å²) in [5.41, 5.74) is 7.34. The van der Waals surface area contributed by atoms with Crippen LogP contribution in [-0.4, -0.2) is 0 Å². The van der Waals surface area contributed by atoms with Gasteiger partial charge in [0.2, 0.25) is 0 Å². The predicted octanol–water partition coefficient (Wildman–Crippen LogP) is 4.16. The molecule has 0 nitrogen and oxygen atoms in total. The average molecular weight is 248 g/mol. The number of hydrogen-bond donors (Lipinski definition) is 0. The molecule has 0 atom stereocenters. The van der Waals surface area contributed by atoms with E-state index in [0.717, 1.165) is 0 Å². The second-order valence-corrected chi connectivity index (χ2v) is 3.12. The molecule has 0 saturated carbocycles. The van der Waals surface area contributed by atoms with Crippen molar-refractivity contribution >= 4 is 0 Å². The van der Waals surface area contributed by atoms with E-state index in [9.17, 15) is 0 Å². The normalized spacial score (nSPS) is 7.53. The Hall–Kier alpha value is -0.664. The van der Waals surface area contributed by atoms with Crippen molar-refractivity contribution in [2.45, 2.75) is 34.6 Å². The van der Waals surface area contributed by atoms with Gasteiger partial charge in [-0.2, -0.15) is 27.8 Å². The molecule has 0 N–H and O–H groups in total. The molecule has 0 unspecified atom stereocenters. The molecule has 0 aliphatic carbocycles. The fraction of sp³-hybridized carbons (Fsp3) is 0.357. The maximum Gasteiger partial charge on any atom is 3.00 e. The summed E-state index contributed by atoms with van der Waals surface area (Å²) in [5.74, 6) is 0. The van der Waals surface area contributed by atoms with Gasteiger partial charge in [-0.25, -0.2) is 0 Å². The molecule has 15 heavy (non-hydrogen) atoms. The maximum absolute atomic E-state index is 4.25. The van der Waals surface area contributed by atoms with Gasteiger partial charge in [-0.15, -0.1) is 0 Å². The molecule has 86 valence electrons. The van der Waals surface area contributed by atoms with Crippen molar-refractivity contribution < 1.29 is 16.8 Å². The summed E-state index contributed by atoms with van der Waals surface area (Å²) < 4.78 is 0. The maximum atomic E-state index is 4.25. The summed E-state index contributed by atoms with van der Waals surface area (Å²) >= 11 is 0. The van der Waals surface area contributed by atoms with Gasteiger partial charge >= 0.3 is 16.8 Å². The van der Waals surface area contributed by atoms with E-state index >= 15 is 0 Å². The first-order chi connectivity index (χ1) is 6.55. The van der Waals surface area contributed by atoms with E-state index in [0.29, 0.717) is 0 Å². The minimum absolute atomic E-state index is 0. The van der Waals surface area contributed by atoms with E-state index in [1.165, 1.54) is 27.8 Å². The second-order valence-electron chi connectivity index (χ2n) is 3.12. The van der Waals surface area contributed by atoms with Crippen LogP contribution in [0.3, 0.4) is 0 Å². The van der Waals surface area contributed by atoms with Gasteiger partial charge in [-0.05, 0) is 0 Å². The Kier molecular flexibility index (Phi) is 13.1. The minimum Gasteiger partial charge on any atom is -0.521 e. The molecule has 1 aromatic carbocycles. The van der Waals surface area contributed by atoms with Crippen molar-refractivity contribution in [2.24, 2.45) is 0 Å². The SMILES string of the molecule is Cc1c(C)c(C)[c-](C)c1C.[CH-]=C.[CH-]=C.[Co+3]. The first-order valence-electron chi connectivity index (χ1n) is 4.57. The molecule has 0 saturated heterocycles. The largest absolute Gasteiger partial charge is 3.00 e. The zero-order valence-electron chi connectivity index (χ0n) is 10.4. The summed E-state index contributed by atoms with van der Waals surface area (Å²) in [6.07, 6.45) is 0. The Morgan fingerprint density at radius 3 is 1.07 bits per heavy atom. The predicted molar refractivity (Wildman–Crippen MR) is 65.6 cm³/mol. The van der Waals surface area contributed by atoms with Crippen molar-refractivity contribution in [1.82, 2.24) is 0 Å². The average Bonchev–Trinajstić information content (AvgIpc) is 2.42. The third kappa shape index (κ3) is 4.58. The van der Waals surface area contributed by atoms with Gasteiger partial charge in [-0.1, -0.05) is 34.6 Å². The Morgan fingerprint density at radius 2 is 1.00 bits per heavy atom. The minimum atomic E-state index is 0. The van der Waals surface area contributed by atoms with Crippen molar-refractivity contribution in [3.8, 4) is 0 Å². The number of rotatable bonds is 0. The van der Waals surface area contributed by atoms with E-state index < -0.39 is 0 Å². The molecule has 0 spiro atoms. The second kappa shape index (κ2) is 9.88. The van der Waals surface area contributed by atoms with Crippen LogP contribution in [0.25, 0.3) is 0 Å². The van der Waals surface area contributed by atoms with Crippen LogP contribution in [-0.2, 0) is 16.8 Å². The van der Waals surface area contributed by atoms with Crippen molar-refractivity contribution in [3.05, 3.63) is 54.1 Å². The summed E-state index contributed by atoms with van der Waals surface area (Å²) in [6, 6.07) is 0. The van der Waals surface area contributed by atoms with Gasteiger partial charge in [0.25, 0.3) is 0 Å².